The Kier molecular flexibility index (Phi) is 10.8. The van der Waals surface area contributed by atoms with E-state index in [1.807, 2.05) is 0 Å². The molecule has 0 unspecified atom stereocenters. The predicted octanol–water partition coefficient (Wildman–Crippen LogP) is -3.92. The second-order valence-corrected chi connectivity index (χ2v) is 9.11. The molecule has 3 heterocycles. The monoisotopic (exact) mass is 566 g/mol. The van der Waals surface area contributed by atoms with Gasteiger partial charge in [-0.1, -0.05) is 6.08 Å². The highest BCUT2D eigenvalue weighted by Crippen LogP contribution is 2.36. The second-order valence-electron chi connectivity index (χ2n) is 9.11. The maximum atomic E-state index is 12.2. The molecule has 3 aliphatic rings. The van der Waals surface area contributed by atoms with Crippen LogP contribution in [0.3, 0.4) is 0 Å². The second kappa shape index (κ2) is 13.4. The van der Waals surface area contributed by atoms with Crippen molar-refractivity contribution in [2.45, 2.75) is 81.0 Å². The Morgan fingerprint density at radius 2 is 1.49 bits per heavy atom. The van der Waals surface area contributed by atoms with Crippen LogP contribution < -0.4 is 0 Å². The number of hydrogen-bond donors (Lipinski definition) is 8. The third-order valence-electron chi connectivity index (χ3n) is 6.72. The summed E-state index contributed by atoms with van der Waals surface area (Å²) in [7, 11) is 1.12. The van der Waals surface area contributed by atoms with Gasteiger partial charge in [0.25, 0.3) is 0 Å². The van der Waals surface area contributed by atoms with Crippen molar-refractivity contribution in [2.75, 3.05) is 20.3 Å². The first-order valence-corrected chi connectivity index (χ1v) is 12.0. The smallest absolute Gasteiger partial charge is 0.337 e. The number of rotatable bonds is 9. The van der Waals surface area contributed by atoms with Gasteiger partial charge in [0, 0.05) is 11.5 Å². The van der Waals surface area contributed by atoms with Crippen LogP contribution >= 0.6 is 0 Å². The van der Waals surface area contributed by atoms with Crippen molar-refractivity contribution in [2.24, 2.45) is 5.92 Å². The number of carbonyl (C=O) groups excluding carboxylic acids is 1. The van der Waals surface area contributed by atoms with Crippen LogP contribution in [0.25, 0.3) is 0 Å². The molecule has 12 atom stereocenters. The van der Waals surface area contributed by atoms with Crippen molar-refractivity contribution in [1.29, 1.82) is 0 Å². The first-order chi connectivity index (χ1) is 18.5. The fourth-order valence-electron chi connectivity index (χ4n) is 4.59. The molecular weight excluding hydrogens is 532 g/mol. The molecule has 8 N–H and O–H groups in total. The zero-order valence-corrected chi connectivity index (χ0v) is 21.0. The molecule has 0 aliphatic carbocycles. The lowest BCUT2D eigenvalue weighted by molar-refractivity contribution is -0.368. The molecule has 3 aliphatic heterocycles. The van der Waals surface area contributed by atoms with Crippen LogP contribution in [0.2, 0.25) is 0 Å². The van der Waals surface area contributed by atoms with Crippen molar-refractivity contribution < 1.29 is 78.9 Å². The van der Waals surface area contributed by atoms with Gasteiger partial charge >= 0.3 is 11.9 Å². The van der Waals surface area contributed by atoms with E-state index in [0.29, 0.717) is 0 Å². The van der Waals surface area contributed by atoms with Crippen LogP contribution in [0, 0.1) is 5.92 Å². The van der Waals surface area contributed by atoms with Gasteiger partial charge in [0.2, 0.25) is 6.29 Å². The Morgan fingerprint density at radius 3 is 2.05 bits per heavy atom. The fourth-order valence-corrected chi connectivity index (χ4v) is 4.59. The van der Waals surface area contributed by atoms with Gasteiger partial charge in [0.05, 0.1) is 38.6 Å². The summed E-state index contributed by atoms with van der Waals surface area (Å²) < 4.78 is 32.2. The van der Waals surface area contributed by atoms with Crippen LogP contribution in [-0.2, 0) is 38.0 Å². The van der Waals surface area contributed by atoms with E-state index in [2.05, 4.69) is 4.74 Å². The van der Waals surface area contributed by atoms with E-state index in [9.17, 15) is 50.4 Å². The first-order valence-electron chi connectivity index (χ1n) is 12.0. The lowest BCUT2D eigenvalue weighted by atomic mass is 9.86. The molecule has 39 heavy (non-hydrogen) atoms. The number of hydrogen-bond acceptors (Lipinski definition) is 15. The number of aliphatic hydroxyl groups excluding tert-OH is 7. The van der Waals surface area contributed by atoms with E-state index >= 15 is 0 Å². The first kappa shape index (κ1) is 31.3. The summed E-state index contributed by atoms with van der Waals surface area (Å²) in [5.41, 5.74) is 0.102. The zero-order valence-electron chi connectivity index (χ0n) is 21.0. The summed E-state index contributed by atoms with van der Waals surface area (Å²) in [6.07, 6.45) is -16.0. The number of carboxylic acid groups (broad SMARTS) is 1. The zero-order chi connectivity index (χ0) is 29.0. The maximum Gasteiger partial charge on any atom is 0.337 e. The number of carboxylic acids is 1. The molecule has 0 saturated carbocycles. The van der Waals surface area contributed by atoms with Crippen LogP contribution in [0.5, 0.6) is 0 Å². The molecule has 0 aromatic carbocycles. The Hall–Kier alpha value is -2.22. The number of ether oxygens (including phenoxy) is 6. The Labute approximate surface area is 222 Å². The van der Waals surface area contributed by atoms with Crippen molar-refractivity contribution >= 4 is 11.9 Å². The standard InChI is InChI=1S/C23H34O16/c1-3-8-9(4-13(26)27)10(20(33)34-2)7-35-21(8)39-23-18(32)16(30)19(12(6-25)37-23)38-22-17(31)15(29)14(28)11(5-24)36-22/h3,7,9,11-12,14-19,21-25,28-32H,4-6H2,1-2H3,(H,26,27)/b8-3+/t9-,11+,12+,14+,15-,16+,17+,18+,19+,21-,22-,23-/m0/s1. The summed E-state index contributed by atoms with van der Waals surface area (Å²) in [6.45, 7) is 0.0138. The third kappa shape index (κ3) is 6.58. The summed E-state index contributed by atoms with van der Waals surface area (Å²) in [4.78, 5) is 23.6. The number of methoxy groups -OCH3 is 1. The molecule has 0 spiro atoms. The van der Waals surface area contributed by atoms with Crippen molar-refractivity contribution in [1.82, 2.24) is 0 Å². The normalized spacial score (nSPS) is 42.0. The average Bonchev–Trinajstić information content (AvgIpc) is 2.92. The topological polar surface area (TPSA) is 251 Å². The molecule has 2 fully saturated rings. The molecule has 2 saturated heterocycles. The van der Waals surface area contributed by atoms with Gasteiger partial charge in [-0.3, -0.25) is 4.79 Å². The molecule has 222 valence electrons. The van der Waals surface area contributed by atoms with Crippen molar-refractivity contribution in [3.8, 4) is 0 Å². The van der Waals surface area contributed by atoms with Gasteiger partial charge < -0.3 is 69.3 Å². The van der Waals surface area contributed by atoms with Gasteiger partial charge in [0.1, 0.15) is 48.8 Å². The van der Waals surface area contributed by atoms with Gasteiger partial charge in [-0.2, -0.15) is 0 Å². The maximum absolute atomic E-state index is 12.2. The fraction of sp³-hybridized carbons (Fsp3) is 0.739. The van der Waals surface area contributed by atoms with Crippen LogP contribution in [0.4, 0.5) is 0 Å². The highest BCUT2D eigenvalue weighted by Gasteiger charge is 2.51. The number of aliphatic carboxylic acids is 1. The number of carbonyl (C=O) groups is 2. The summed E-state index contributed by atoms with van der Waals surface area (Å²) in [5, 5.41) is 80.3. The molecule has 3 rings (SSSR count). The SMILES string of the molecule is C/C=C1/[C@H](O[C@@H]2O[C@H](CO)[C@@H](O[C@@H]3O[C@H](CO)[C@@H](O)[C@H](O)[C@H]3O)[C@H](O)[C@H]2O)OC=C(C(=O)OC)[C@H]1CC(=O)O. The number of allylic oxidation sites excluding steroid dienone is 1. The highest BCUT2D eigenvalue weighted by molar-refractivity contribution is 5.90. The van der Waals surface area contributed by atoms with Crippen LogP contribution in [-0.4, -0.2) is 141 Å². The van der Waals surface area contributed by atoms with E-state index in [1.54, 1.807) is 0 Å². The Balaban J connectivity index is 1.77. The van der Waals surface area contributed by atoms with E-state index in [-0.39, 0.29) is 11.1 Å². The van der Waals surface area contributed by atoms with Gasteiger partial charge in [-0.15, -0.1) is 0 Å². The van der Waals surface area contributed by atoms with E-state index in [0.717, 1.165) is 13.4 Å². The van der Waals surface area contributed by atoms with Gasteiger partial charge in [-0.25, -0.2) is 4.79 Å². The Morgan fingerprint density at radius 1 is 0.897 bits per heavy atom. The third-order valence-corrected chi connectivity index (χ3v) is 6.72. The lowest BCUT2D eigenvalue weighted by Crippen LogP contribution is -2.65. The molecule has 0 aromatic rings. The van der Waals surface area contributed by atoms with Crippen molar-refractivity contribution in [3.63, 3.8) is 0 Å². The summed E-state index contributed by atoms with van der Waals surface area (Å²) in [6, 6.07) is 0. The molecule has 16 heteroatoms. The Bertz CT molecular complexity index is 918. The highest BCUT2D eigenvalue weighted by atomic mass is 16.8. The number of aliphatic hydroxyl groups is 7. The van der Waals surface area contributed by atoms with Gasteiger partial charge in [-0.05, 0) is 6.92 Å². The summed E-state index contributed by atoms with van der Waals surface area (Å²) >= 11 is 0. The number of esters is 1. The largest absolute Gasteiger partial charge is 0.481 e. The minimum atomic E-state index is -1.85. The van der Waals surface area contributed by atoms with Gasteiger partial charge in [0.15, 0.2) is 12.6 Å². The molecule has 0 aromatic heterocycles. The summed E-state index contributed by atoms with van der Waals surface area (Å²) in [5.74, 6) is -3.06. The quantitative estimate of drug-likeness (QED) is 0.0980. The van der Waals surface area contributed by atoms with E-state index in [4.69, 9.17) is 23.7 Å². The lowest BCUT2D eigenvalue weighted by Gasteiger charge is -2.46. The average molecular weight is 567 g/mol. The molecule has 0 amide bonds. The minimum absolute atomic E-state index is 0.0841. The van der Waals surface area contributed by atoms with E-state index in [1.165, 1.54) is 13.0 Å². The minimum Gasteiger partial charge on any atom is -0.481 e. The molecular formula is C23H34O16. The van der Waals surface area contributed by atoms with Crippen LogP contribution in [0.1, 0.15) is 13.3 Å². The molecule has 0 radical (unpaired) electrons. The molecule has 16 nitrogen and oxygen atoms in total. The van der Waals surface area contributed by atoms with E-state index < -0.39 is 105 Å². The molecule has 0 bridgehead atoms. The van der Waals surface area contributed by atoms with Crippen molar-refractivity contribution in [3.05, 3.63) is 23.5 Å². The predicted molar refractivity (Wildman–Crippen MR) is 122 cm³/mol. The van der Waals surface area contributed by atoms with Crippen LogP contribution in [0.15, 0.2) is 23.5 Å².